The molecule has 0 saturated heterocycles. The molecule has 0 saturated carbocycles. The lowest BCUT2D eigenvalue weighted by Gasteiger charge is -2.14. The molecule has 2 aromatic heterocycles. The van der Waals surface area contributed by atoms with E-state index in [2.05, 4.69) is 54.0 Å². The van der Waals surface area contributed by atoms with Crippen LogP contribution in [-0.4, -0.2) is 19.6 Å². The summed E-state index contributed by atoms with van der Waals surface area (Å²) >= 11 is 0. The fourth-order valence-electron chi connectivity index (χ4n) is 2.50. The smallest absolute Gasteiger partial charge is 0.0540 e. The van der Waals surface area contributed by atoms with Gasteiger partial charge in [0.15, 0.2) is 0 Å². The molecule has 5 heteroatoms. The van der Waals surface area contributed by atoms with Crippen molar-refractivity contribution in [1.82, 2.24) is 24.9 Å². The van der Waals surface area contributed by atoms with Gasteiger partial charge >= 0.3 is 0 Å². The largest absolute Gasteiger partial charge is 0.304 e. The number of nitrogens with zero attached hydrogens (tertiary/aromatic N) is 4. The number of rotatable bonds is 7. The van der Waals surface area contributed by atoms with E-state index < -0.39 is 0 Å². The van der Waals surface area contributed by atoms with Gasteiger partial charge in [-0.15, -0.1) is 0 Å². The number of nitrogens with one attached hydrogen (secondary N) is 1. The van der Waals surface area contributed by atoms with E-state index in [1.165, 1.54) is 17.0 Å². The molecule has 20 heavy (non-hydrogen) atoms. The minimum atomic E-state index is 0.292. The Labute approximate surface area is 121 Å². The van der Waals surface area contributed by atoms with Crippen molar-refractivity contribution < 1.29 is 0 Å². The van der Waals surface area contributed by atoms with Gasteiger partial charge in [0, 0.05) is 43.1 Å². The first-order chi connectivity index (χ1) is 9.67. The molecule has 1 N–H and O–H groups in total. The van der Waals surface area contributed by atoms with Crippen molar-refractivity contribution in [3.63, 3.8) is 0 Å². The molecule has 5 nitrogen and oxygen atoms in total. The molecular formula is C15H25N5. The van der Waals surface area contributed by atoms with Crippen LogP contribution in [0, 0.1) is 6.92 Å². The second-order valence-corrected chi connectivity index (χ2v) is 5.15. The van der Waals surface area contributed by atoms with Crippen molar-refractivity contribution in [2.75, 3.05) is 0 Å². The van der Waals surface area contributed by atoms with E-state index in [1.807, 2.05) is 17.1 Å². The predicted octanol–water partition coefficient (Wildman–Crippen LogP) is 2.67. The zero-order valence-corrected chi connectivity index (χ0v) is 12.9. The van der Waals surface area contributed by atoms with Crippen LogP contribution in [0.2, 0.25) is 0 Å². The van der Waals surface area contributed by atoms with Crippen LogP contribution in [-0.2, 0) is 19.6 Å². The van der Waals surface area contributed by atoms with Crippen LogP contribution in [0.5, 0.6) is 0 Å². The molecule has 2 heterocycles. The lowest BCUT2D eigenvalue weighted by atomic mass is 10.1. The standard InChI is InChI=1S/C15H25N5/c1-5-9-20-14(7-8-17-20)10-16-12(3)15-11-18-19(6-2)13(15)4/h7-8,11-12,16H,5-6,9-10H2,1-4H3. The maximum absolute atomic E-state index is 4.41. The zero-order chi connectivity index (χ0) is 14.5. The number of aromatic nitrogens is 4. The van der Waals surface area contributed by atoms with Gasteiger partial charge in [-0.05, 0) is 33.3 Å². The molecule has 0 fully saturated rings. The first-order valence-electron chi connectivity index (χ1n) is 7.43. The minimum Gasteiger partial charge on any atom is -0.304 e. The summed E-state index contributed by atoms with van der Waals surface area (Å²) in [7, 11) is 0. The molecule has 0 amide bonds. The van der Waals surface area contributed by atoms with Gasteiger partial charge in [0.1, 0.15) is 0 Å². The summed E-state index contributed by atoms with van der Waals surface area (Å²) in [6, 6.07) is 2.37. The van der Waals surface area contributed by atoms with Gasteiger partial charge < -0.3 is 5.32 Å². The van der Waals surface area contributed by atoms with Crippen molar-refractivity contribution in [2.45, 2.75) is 59.8 Å². The predicted molar refractivity (Wildman–Crippen MR) is 80.4 cm³/mol. The molecule has 0 aliphatic heterocycles. The summed E-state index contributed by atoms with van der Waals surface area (Å²) in [4.78, 5) is 0. The topological polar surface area (TPSA) is 47.7 Å². The Morgan fingerprint density at radius 1 is 1.25 bits per heavy atom. The Morgan fingerprint density at radius 2 is 2.05 bits per heavy atom. The first-order valence-corrected chi connectivity index (χ1v) is 7.43. The highest BCUT2D eigenvalue weighted by molar-refractivity contribution is 5.20. The van der Waals surface area contributed by atoms with Gasteiger partial charge in [0.2, 0.25) is 0 Å². The summed E-state index contributed by atoms with van der Waals surface area (Å²) in [5.41, 5.74) is 3.75. The molecule has 0 bridgehead atoms. The summed E-state index contributed by atoms with van der Waals surface area (Å²) in [5.74, 6) is 0. The summed E-state index contributed by atoms with van der Waals surface area (Å²) in [6.07, 6.45) is 4.95. The third-order valence-corrected chi connectivity index (χ3v) is 3.74. The minimum absolute atomic E-state index is 0.292. The Balaban J connectivity index is 1.99. The number of hydrogen-bond acceptors (Lipinski definition) is 3. The van der Waals surface area contributed by atoms with Crippen LogP contribution < -0.4 is 5.32 Å². The van der Waals surface area contributed by atoms with Crippen molar-refractivity contribution >= 4 is 0 Å². The van der Waals surface area contributed by atoms with Gasteiger partial charge in [-0.1, -0.05) is 6.92 Å². The number of hydrogen-bond donors (Lipinski definition) is 1. The van der Waals surface area contributed by atoms with Crippen LogP contribution in [0.1, 0.15) is 50.2 Å². The molecule has 0 aromatic carbocycles. The van der Waals surface area contributed by atoms with Gasteiger partial charge in [-0.25, -0.2) is 0 Å². The van der Waals surface area contributed by atoms with Crippen molar-refractivity contribution in [2.24, 2.45) is 0 Å². The summed E-state index contributed by atoms with van der Waals surface area (Å²) < 4.78 is 4.11. The molecule has 0 spiro atoms. The third-order valence-electron chi connectivity index (χ3n) is 3.74. The maximum atomic E-state index is 4.41. The van der Waals surface area contributed by atoms with Gasteiger partial charge in [-0.3, -0.25) is 9.36 Å². The highest BCUT2D eigenvalue weighted by atomic mass is 15.3. The SMILES string of the molecule is CCCn1nccc1CNC(C)c1cnn(CC)c1C. The van der Waals surface area contributed by atoms with E-state index in [1.54, 1.807) is 0 Å². The molecule has 0 aliphatic rings. The maximum Gasteiger partial charge on any atom is 0.0540 e. The van der Waals surface area contributed by atoms with Crippen LogP contribution in [0.4, 0.5) is 0 Å². The van der Waals surface area contributed by atoms with Gasteiger partial charge in [0.05, 0.1) is 11.9 Å². The van der Waals surface area contributed by atoms with E-state index in [-0.39, 0.29) is 0 Å². The summed E-state index contributed by atoms with van der Waals surface area (Å²) in [6.45, 7) is 11.3. The average molecular weight is 275 g/mol. The highest BCUT2D eigenvalue weighted by Crippen LogP contribution is 2.17. The molecule has 0 radical (unpaired) electrons. The normalized spacial score (nSPS) is 12.8. The molecule has 0 aliphatic carbocycles. The fourth-order valence-corrected chi connectivity index (χ4v) is 2.50. The molecule has 1 atom stereocenters. The van der Waals surface area contributed by atoms with E-state index in [4.69, 9.17) is 0 Å². The second kappa shape index (κ2) is 6.70. The average Bonchev–Trinajstić information content (AvgIpc) is 3.03. The quantitative estimate of drug-likeness (QED) is 0.845. The first kappa shape index (κ1) is 14.8. The Morgan fingerprint density at radius 3 is 2.70 bits per heavy atom. The molecule has 2 rings (SSSR count). The lowest BCUT2D eigenvalue weighted by Crippen LogP contribution is -2.21. The van der Waals surface area contributed by atoms with Crippen LogP contribution in [0.3, 0.4) is 0 Å². The second-order valence-electron chi connectivity index (χ2n) is 5.15. The van der Waals surface area contributed by atoms with Crippen molar-refractivity contribution in [1.29, 1.82) is 0 Å². The van der Waals surface area contributed by atoms with Gasteiger partial charge in [0.25, 0.3) is 0 Å². The van der Waals surface area contributed by atoms with Crippen LogP contribution in [0.15, 0.2) is 18.5 Å². The highest BCUT2D eigenvalue weighted by Gasteiger charge is 2.13. The van der Waals surface area contributed by atoms with E-state index in [0.717, 1.165) is 26.1 Å². The Kier molecular flexibility index (Phi) is 4.95. The van der Waals surface area contributed by atoms with Gasteiger partial charge in [-0.2, -0.15) is 10.2 Å². The molecule has 1 unspecified atom stereocenters. The molecule has 110 valence electrons. The molecule has 2 aromatic rings. The van der Waals surface area contributed by atoms with Crippen LogP contribution in [0.25, 0.3) is 0 Å². The third kappa shape index (κ3) is 3.10. The zero-order valence-electron chi connectivity index (χ0n) is 12.9. The monoisotopic (exact) mass is 275 g/mol. The van der Waals surface area contributed by atoms with Crippen LogP contribution >= 0.6 is 0 Å². The summed E-state index contributed by atoms with van der Waals surface area (Å²) in [5, 5.41) is 12.3. The van der Waals surface area contributed by atoms with Crippen molar-refractivity contribution in [3.8, 4) is 0 Å². The number of aryl methyl sites for hydroxylation is 2. The van der Waals surface area contributed by atoms with E-state index >= 15 is 0 Å². The molecular weight excluding hydrogens is 250 g/mol. The fraction of sp³-hybridized carbons (Fsp3) is 0.600. The Bertz CT molecular complexity index is 540. The Hall–Kier alpha value is -1.62. The van der Waals surface area contributed by atoms with E-state index in [0.29, 0.717) is 6.04 Å². The van der Waals surface area contributed by atoms with E-state index in [9.17, 15) is 0 Å². The lowest BCUT2D eigenvalue weighted by molar-refractivity contribution is 0.515. The van der Waals surface area contributed by atoms with Crippen molar-refractivity contribution in [3.05, 3.63) is 35.4 Å².